The van der Waals surface area contributed by atoms with E-state index in [-0.39, 0.29) is 5.91 Å². The smallest absolute Gasteiger partial charge is 0.248 e. The summed E-state index contributed by atoms with van der Waals surface area (Å²) in [6.45, 7) is 6.21. The van der Waals surface area contributed by atoms with Gasteiger partial charge < -0.3 is 10.6 Å². The van der Waals surface area contributed by atoms with Crippen LogP contribution >= 0.6 is 11.3 Å². The number of hydrogen-bond donors (Lipinski definition) is 2. The van der Waals surface area contributed by atoms with Gasteiger partial charge in [-0.25, -0.2) is 0 Å². The molecule has 1 amide bonds. The van der Waals surface area contributed by atoms with Crippen molar-refractivity contribution in [3.8, 4) is 0 Å². The molecule has 2 N–H and O–H groups in total. The van der Waals surface area contributed by atoms with Gasteiger partial charge in [0, 0.05) is 18.3 Å². The fourth-order valence-electron chi connectivity index (χ4n) is 2.81. The molecule has 8 heteroatoms. The van der Waals surface area contributed by atoms with Crippen molar-refractivity contribution in [2.75, 3.05) is 13.1 Å². The molecule has 0 spiro atoms. The molecule has 1 saturated heterocycles. The molecule has 0 radical (unpaired) electrons. The van der Waals surface area contributed by atoms with Crippen LogP contribution < -0.4 is 10.6 Å². The zero-order valence-electron chi connectivity index (χ0n) is 13.5. The summed E-state index contributed by atoms with van der Waals surface area (Å²) in [5, 5.41) is 20.8. The molecule has 2 aromatic heterocycles. The van der Waals surface area contributed by atoms with Gasteiger partial charge in [-0.05, 0) is 32.0 Å². The third-order valence-electron chi connectivity index (χ3n) is 4.17. The number of hydrogen-bond acceptors (Lipinski definition) is 6. The van der Waals surface area contributed by atoms with Crippen LogP contribution in [-0.2, 0) is 16.9 Å². The van der Waals surface area contributed by atoms with Gasteiger partial charge in [-0.15, -0.1) is 10.2 Å². The Kier molecular flexibility index (Phi) is 4.72. The van der Waals surface area contributed by atoms with E-state index in [2.05, 4.69) is 39.8 Å². The van der Waals surface area contributed by atoms with E-state index in [1.807, 2.05) is 12.3 Å². The normalized spacial score (nSPS) is 17.3. The maximum Gasteiger partial charge on any atom is 0.248 e. The molecule has 3 rings (SSSR count). The molecule has 1 aliphatic rings. The second kappa shape index (κ2) is 6.76. The van der Waals surface area contributed by atoms with E-state index in [0.717, 1.165) is 35.9 Å². The number of piperidine rings is 1. The topological polar surface area (TPSA) is 84.7 Å². The molecule has 0 aromatic carbocycles. The molecule has 1 fully saturated rings. The molecule has 1 aliphatic heterocycles. The van der Waals surface area contributed by atoms with Gasteiger partial charge in [0.25, 0.3) is 0 Å². The second-order valence-corrected chi connectivity index (χ2v) is 7.20. The predicted octanol–water partition coefficient (Wildman–Crippen LogP) is 1.25. The van der Waals surface area contributed by atoms with Crippen LogP contribution in [0.2, 0.25) is 0 Å². The predicted molar refractivity (Wildman–Crippen MR) is 88.1 cm³/mol. The number of aromatic nitrogens is 4. The van der Waals surface area contributed by atoms with Crippen LogP contribution in [0.5, 0.6) is 0 Å². The van der Waals surface area contributed by atoms with Gasteiger partial charge in [0.05, 0.1) is 6.54 Å². The Bertz CT molecular complexity index is 645. The molecule has 7 nitrogen and oxygen atoms in total. The fourth-order valence-corrected chi connectivity index (χ4v) is 3.60. The van der Waals surface area contributed by atoms with E-state index in [0.29, 0.717) is 12.5 Å². The van der Waals surface area contributed by atoms with Crippen molar-refractivity contribution in [1.29, 1.82) is 0 Å². The standard InChI is InChI=1S/C15H22N6OS/c1-11(2)13-20-19-12(23-13)10-17-14(22)15(4-7-16-8-5-15)21-9-3-6-18-21/h3,6,9,11,16H,4-5,7-8,10H2,1-2H3,(H,17,22). The molecule has 124 valence electrons. The first-order chi connectivity index (χ1) is 11.1. The molecule has 0 bridgehead atoms. The lowest BCUT2D eigenvalue weighted by Crippen LogP contribution is -2.54. The van der Waals surface area contributed by atoms with E-state index in [1.165, 1.54) is 0 Å². The Balaban J connectivity index is 1.71. The van der Waals surface area contributed by atoms with Gasteiger partial charge in [-0.2, -0.15) is 5.10 Å². The summed E-state index contributed by atoms with van der Waals surface area (Å²) in [7, 11) is 0. The molecular weight excluding hydrogens is 312 g/mol. The van der Waals surface area contributed by atoms with Crippen molar-refractivity contribution >= 4 is 17.2 Å². The number of carbonyl (C=O) groups is 1. The van der Waals surface area contributed by atoms with Gasteiger partial charge in [0.15, 0.2) is 0 Å². The highest BCUT2D eigenvalue weighted by Gasteiger charge is 2.41. The van der Waals surface area contributed by atoms with Gasteiger partial charge in [0.2, 0.25) is 5.91 Å². The van der Waals surface area contributed by atoms with Crippen molar-refractivity contribution in [1.82, 2.24) is 30.6 Å². The number of nitrogens with zero attached hydrogens (tertiary/aromatic N) is 4. The van der Waals surface area contributed by atoms with Crippen molar-refractivity contribution in [3.63, 3.8) is 0 Å². The summed E-state index contributed by atoms with van der Waals surface area (Å²) in [6.07, 6.45) is 5.05. The van der Waals surface area contributed by atoms with Gasteiger partial charge in [-0.1, -0.05) is 25.2 Å². The zero-order chi connectivity index (χ0) is 16.3. The van der Waals surface area contributed by atoms with Crippen LogP contribution in [0.15, 0.2) is 18.5 Å². The molecule has 0 saturated carbocycles. The monoisotopic (exact) mass is 334 g/mol. The van der Waals surface area contributed by atoms with Crippen LogP contribution in [0.4, 0.5) is 0 Å². The van der Waals surface area contributed by atoms with Crippen molar-refractivity contribution in [2.24, 2.45) is 0 Å². The summed E-state index contributed by atoms with van der Waals surface area (Å²) in [4.78, 5) is 12.9. The Morgan fingerprint density at radius 3 is 2.83 bits per heavy atom. The third kappa shape index (κ3) is 3.28. The van der Waals surface area contributed by atoms with Crippen LogP contribution in [0, 0.1) is 0 Å². The lowest BCUT2D eigenvalue weighted by Gasteiger charge is -2.36. The Hall–Kier alpha value is -1.80. The van der Waals surface area contributed by atoms with Gasteiger partial charge >= 0.3 is 0 Å². The van der Waals surface area contributed by atoms with Crippen molar-refractivity contribution in [3.05, 3.63) is 28.5 Å². The Morgan fingerprint density at radius 1 is 1.43 bits per heavy atom. The summed E-state index contributed by atoms with van der Waals surface area (Å²) in [5.41, 5.74) is -0.611. The van der Waals surface area contributed by atoms with E-state index in [9.17, 15) is 4.79 Å². The summed E-state index contributed by atoms with van der Waals surface area (Å²) >= 11 is 1.55. The number of nitrogens with one attached hydrogen (secondary N) is 2. The maximum atomic E-state index is 12.9. The Labute approximate surface area is 139 Å². The molecular formula is C15H22N6OS. The molecule has 0 atom stereocenters. The quantitative estimate of drug-likeness (QED) is 0.860. The highest BCUT2D eigenvalue weighted by atomic mass is 32.1. The SMILES string of the molecule is CC(C)c1nnc(CNC(=O)C2(n3cccn3)CCNCC2)s1. The largest absolute Gasteiger partial charge is 0.347 e. The van der Waals surface area contributed by atoms with Gasteiger partial charge in [-0.3, -0.25) is 9.48 Å². The maximum absolute atomic E-state index is 12.9. The lowest BCUT2D eigenvalue weighted by atomic mass is 9.87. The molecule has 3 heterocycles. The first-order valence-electron chi connectivity index (χ1n) is 7.93. The third-order valence-corrected chi connectivity index (χ3v) is 5.40. The van der Waals surface area contributed by atoms with Crippen molar-refractivity contribution in [2.45, 2.75) is 44.7 Å². The highest BCUT2D eigenvalue weighted by Crippen LogP contribution is 2.27. The molecule has 23 heavy (non-hydrogen) atoms. The minimum atomic E-state index is -0.611. The van der Waals surface area contributed by atoms with E-state index >= 15 is 0 Å². The average Bonchev–Trinajstić information content (AvgIpc) is 3.25. The van der Waals surface area contributed by atoms with Crippen LogP contribution in [0.1, 0.15) is 42.6 Å². The number of amides is 1. The van der Waals surface area contributed by atoms with Crippen LogP contribution in [-0.4, -0.2) is 39.0 Å². The van der Waals surface area contributed by atoms with Crippen LogP contribution in [0.3, 0.4) is 0 Å². The number of rotatable bonds is 5. The van der Waals surface area contributed by atoms with Crippen LogP contribution in [0.25, 0.3) is 0 Å². The second-order valence-electron chi connectivity index (χ2n) is 6.10. The summed E-state index contributed by atoms with van der Waals surface area (Å²) in [5.74, 6) is 0.362. The first-order valence-corrected chi connectivity index (χ1v) is 8.75. The highest BCUT2D eigenvalue weighted by molar-refractivity contribution is 7.11. The first kappa shape index (κ1) is 16.1. The van der Waals surface area contributed by atoms with Gasteiger partial charge in [0.1, 0.15) is 15.6 Å². The van der Waals surface area contributed by atoms with E-state index in [1.54, 1.807) is 22.2 Å². The zero-order valence-corrected chi connectivity index (χ0v) is 14.3. The van der Waals surface area contributed by atoms with Crippen molar-refractivity contribution < 1.29 is 4.79 Å². The van der Waals surface area contributed by atoms with E-state index < -0.39 is 5.54 Å². The molecule has 0 aliphatic carbocycles. The van der Waals surface area contributed by atoms with E-state index in [4.69, 9.17) is 0 Å². The summed E-state index contributed by atoms with van der Waals surface area (Å²) in [6, 6.07) is 1.86. The molecule has 0 unspecified atom stereocenters. The minimum absolute atomic E-state index is 0.00370. The average molecular weight is 334 g/mol. The summed E-state index contributed by atoms with van der Waals surface area (Å²) < 4.78 is 1.79. The molecule has 2 aromatic rings. The Morgan fingerprint density at radius 2 is 2.22 bits per heavy atom. The number of carbonyl (C=O) groups excluding carboxylic acids is 1. The minimum Gasteiger partial charge on any atom is -0.347 e. The fraction of sp³-hybridized carbons (Fsp3) is 0.600. The lowest BCUT2D eigenvalue weighted by molar-refractivity contribution is -0.132.